The normalized spacial score (nSPS) is 19.9. The molecule has 1 saturated carbocycles. The van der Waals surface area contributed by atoms with Crippen LogP contribution in [-0.2, 0) is 19.0 Å². The van der Waals surface area contributed by atoms with E-state index < -0.39 is 6.09 Å². The van der Waals surface area contributed by atoms with Crippen molar-refractivity contribution in [2.45, 2.75) is 45.6 Å². The summed E-state index contributed by atoms with van der Waals surface area (Å²) in [6, 6.07) is 0.0812. The van der Waals surface area contributed by atoms with Gasteiger partial charge in [-0.2, -0.15) is 5.26 Å². The Balaban J connectivity index is 1.49. The minimum Gasteiger partial charge on any atom is -0.448 e. The summed E-state index contributed by atoms with van der Waals surface area (Å²) < 4.78 is 16.1. The molecule has 2 aliphatic heterocycles. The standard InChI is InChI=1S/C23H38N6O5/c1-23(2,17-20(30)29(18-24)19-3-4-19)5-6-25-21(28-10-14-33-15-11-28)26-22(31)34-16-9-27-7-12-32-13-8-27/h19H,3-17H2,1-2H3,(H,25,26,31). The van der Waals surface area contributed by atoms with Crippen molar-refractivity contribution in [1.82, 2.24) is 20.0 Å². The Kier molecular flexibility index (Phi) is 9.92. The van der Waals surface area contributed by atoms with Crippen LogP contribution in [0.1, 0.15) is 39.5 Å². The summed E-state index contributed by atoms with van der Waals surface area (Å²) >= 11 is 0. The lowest BCUT2D eigenvalue weighted by Gasteiger charge is -2.30. The van der Waals surface area contributed by atoms with Gasteiger partial charge in [0.15, 0.2) is 6.19 Å². The van der Waals surface area contributed by atoms with Gasteiger partial charge in [0.05, 0.1) is 26.4 Å². The zero-order valence-corrected chi connectivity index (χ0v) is 20.5. The average molecular weight is 479 g/mol. The molecule has 3 rings (SSSR count). The third-order valence-electron chi connectivity index (χ3n) is 6.24. The molecule has 2 heterocycles. The third-order valence-corrected chi connectivity index (χ3v) is 6.24. The summed E-state index contributed by atoms with van der Waals surface area (Å²) in [5.74, 6) is 0.341. The largest absolute Gasteiger partial charge is 0.448 e. The van der Waals surface area contributed by atoms with Crippen LogP contribution in [0.3, 0.4) is 0 Å². The number of hydrogen-bond acceptors (Lipinski definition) is 8. The molecule has 34 heavy (non-hydrogen) atoms. The molecule has 0 atom stereocenters. The fraction of sp³-hybridized carbons (Fsp3) is 0.826. The van der Waals surface area contributed by atoms with Gasteiger partial charge >= 0.3 is 6.09 Å². The van der Waals surface area contributed by atoms with Gasteiger partial charge in [0, 0.05) is 51.7 Å². The number of aliphatic imine (C=N–C) groups is 1. The quantitative estimate of drug-likeness (QED) is 0.226. The summed E-state index contributed by atoms with van der Waals surface area (Å²) in [7, 11) is 0. The maximum Gasteiger partial charge on any atom is 0.414 e. The highest BCUT2D eigenvalue weighted by Gasteiger charge is 2.35. The van der Waals surface area contributed by atoms with Crippen molar-refractivity contribution in [2.75, 3.05) is 72.3 Å². The van der Waals surface area contributed by atoms with Crippen LogP contribution in [0.4, 0.5) is 4.79 Å². The molecule has 2 saturated heterocycles. The van der Waals surface area contributed by atoms with E-state index >= 15 is 0 Å². The Bertz CT molecular complexity index is 751. The lowest BCUT2D eigenvalue weighted by atomic mass is 9.85. The van der Waals surface area contributed by atoms with Crippen LogP contribution in [0.2, 0.25) is 0 Å². The number of guanidine groups is 1. The second-order valence-corrected chi connectivity index (χ2v) is 9.71. The molecule has 11 nitrogen and oxygen atoms in total. The second kappa shape index (κ2) is 12.9. The molecule has 190 valence electrons. The fourth-order valence-corrected chi connectivity index (χ4v) is 3.93. The first-order valence-corrected chi connectivity index (χ1v) is 12.2. The predicted molar refractivity (Wildman–Crippen MR) is 125 cm³/mol. The van der Waals surface area contributed by atoms with Crippen LogP contribution in [0.5, 0.6) is 0 Å². The summed E-state index contributed by atoms with van der Waals surface area (Å²) in [6.45, 7) is 10.9. The number of ether oxygens (including phenoxy) is 3. The molecule has 0 radical (unpaired) electrons. The van der Waals surface area contributed by atoms with E-state index in [1.807, 2.05) is 24.9 Å². The summed E-state index contributed by atoms with van der Waals surface area (Å²) in [5, 5.41) is 12.1. The SMILES string of the molecule is CC(C)(CCN=C(NC(=O)OCCN1CCOCC1)N1CCOCC1)CC(=O)N(C#N)C1CC1. The summed E-state index contributed by atoms with van der Waals surface area (Å²) in [6.07, 6.45) is 4.24. The van der Waals surface area contributed by atoms with Crippen LogP contribution in [0.25, 0.3) is 0 Å². The molecular formula is C23H38N6O5. The maximum absolute atomic E-state index is 12.5. The van der Waals surface area contributed by atoms with Crippen molar-refractivity contribution in [3.63, 3.8) is 0 Å². The van der Waals surface area contributed by atoms with Crippen LogP contribution >= 0.6 is 0 Å². The van der Waals surface area contributed by atoms with Crippen molar-refractivity contribution in [2.24, 2.45) is 10.4 Å². The van der Waals surface area contributed by atoms with Crippen molar-refractivity contribution < 1.29 is 23.8 Å². The van der Waals surface area contributed by atoms with E-state index in [2.05, 4.69) is 15.2 Å². The minimum absolute atomic E-state index is 0.0812. The number of amides is 2. The van der Waals surface area contributed by atoms with Gasteiger partial charge in [-0.25, -0.2) is 9.69 Å². The monoisotopic (exact) mass is 478 g/mol. The van der Waals surface area contributed by atoms with Gasteiger partial charge in [-0.3, -0.25) is 20.0 Å². The van der Waals surface area contributed by atoms with Gasteiger partial charge in [0.1, 0.15) is 6.61 Å². The number of morpholine rings is 2. The molecule has 0 unspecified atom stereocenters. The zero-order chi connectivity index (χ0) is 24.4. The predicted octanol–water partition coefficient (Wildman–Crippen LogP) is 1.01. The molecule has 0 spiro atoms. The topological polar surface area (TPSA) is 120 Å². The number of carbonyl (C=O) groups excluding carboxylic acids is 2. The molecule has 3 fully saturated rings. The zero-order valence-electron chi connectivity index (χ0n) is 20.5. The number of alkyl carbamates (subject to hydrolysis) is 1. The van der Waals surface area contributed by atoms with E-state index in [0.717, 1.165) is 25.9 Å². The van der Waals surface area contributed by atoms with E-state index in [1.54, 1.807) is 0 Å². The van der Waals surface area contributed by atoms with E-state index in [1.165, 1.54) is 4.90 Å². The van der Waals surface area contributed by atoms with Crippen molar-refractivity contribution >= 4 is 18.0 Å². The number of rotatable bonds is 9. The number of nitrogens with one attached hydrogen (secondary N) is 1. The molecule has 2 amide bonds. The van der Waals surface area contributed by atoms with Gasteiger partial charge in [-0.15, -0.1) is 0 Å². The Morgan fingerprint density at radius 3 is 2.41 bits per heavy atom. The molecule has 0 aromatic carbocycles. The first kappa shape index (κ1) is 26.2. The first-order valence-electron chi connectivity index (χ1n) is 12.2. The van der Waals surface area contributed by atoms with Crippen molar-refractivity contribution in [1.29, 1.82) is 5.26 Å². The molecule has 11 heteroatoms. The number of nitrogens with zero attached hydrogens (tertiary/aromatic N) is 5. The summed E-state index contributed by atoms with van der Waals surface area (Å²) in [4.78, 5) is 35.1. The first-order chi connectivity index (χ1) is 16.4. The van der Waals surface area contributed by atoms with Crippen molar-refractivity contribution in [3.05, 3.63) is 0 Å². The maximum atomic E-state index is 12.5. The van der Waals surface area contributed by atoms with Gasteiger partial charge in [0.2, 0.25) is 11.9 Å². The lowest BCUT2D eigenvalue weighted by Crippen LogP contribution is -2.49. The van der Waals surface area contributed by atoms with Crippen LogP contribution in [0.15, 0.2) is 4.99 Å². The number of carbonyl (C=O) groups is 2. The van der Waals surface area contributed by atoms with E-state index in [0.29, 0.717) is 71.6 Å². The van der Waals surface area contributed by atoms with Crippen LogP contribution < -0.4 is 5.32 Å². The highest BCUT2D eigenvalue weighted by atomic mass is 16.5. The Morgan fingerprint density at radius 2 is 1.79 bits per heavy atom. The molecule has 3 aliphatic rings. The Hall–Kier alpha value is -2.42. The lowest BCUT2D eigenvalue weighted by molar-refractivity contribution is -0.130. The minimum atomic E-state index is -0.526. The van der Waals surface area contributed by atoms with E-state index in [4.69, 9.17) is 14.2 Å². The molecule has 0 aromatic rings. The second-order valence-electron chi connectivity index (χ2n) is 9.71. The highest BCUT2D eigenvalue weighted by molar-refractivity contribution is 5.94. The van der Waals surface area contributed by atoms with Gasteiger partial charge < -0.3 is 19.1 Å². The molecule has 1 N–H and O–H groups in total. The number of hydrogen-bond donors (Lipinski definition) is 1. The molecule has 0 bridgehead atoms. The van der Waals surface area contributed by atoms with Gasteiger partial charge in [0.25, 0.3) is 0 Å². The average Bonchev–Trinajstić information content (AvgIpc) is 3.65. The third kappa shape index (κ3) is 8.74. The molecular weight excluding hydrogens is 440 g/mol. The molecule has 1 aliphatic carbocycles. The Labute approximate surface area is 202 Å². The van der Waals surface area contributed by atoms with Crippen LogP contribution in [-0.4, -0.2) is 111 Å². The van der Waals surface area contributed by atoms with Gasteiger partial charge in [-0.05, 0) is 24.7 Å². The van der Waals surface area contributed by atoms with Gasteiger partial charge in [-0.1, -0.05) is 13.8 Å². The Morgan fingerprint density at radius 1 is 1.15 bits per heavy atom. The highest BCUT2D eigenvalue weighted by Crippen LogP contribution is 2.31. The number of nitriles is 1. The van der Waals surface area contributed by atoms with E-state index in [-0.39, 0.29) is 23.8 Å². The summed E-state index contributed by atoms with van der Waals surface area (Å²) in [5.41, 5.74) is -0.320. The van der Waals surface area contributed by atoms with Crippen molar-refractivity contribution in [3.8, 4) is 6.19 Å². The smallest absolute Gasteiger partial charge is 0.414 e. The van der Waals surface area contributed by atoms with E-state index in [9.17, 15) is 14.9 Å². The fourth-order valence-electron chi connectivity index (χ4n) is 3.93. The van der Waals surface area contributed by atoms with Crippen LogP contribution in [0, 0.1) is 16.9 Å². The molecule has 0 aromatic heterocycles.